The first-order valence-electron chi connectivity index (χ1n) is 13.0. The van der Waals surface area contributed by atoms with Crippen LogP contribution in [0.1, 0.15) is 106 Å². The monoisotopic (exact) mass is 511 g/mol. The molecule has 0 aliphatic heterocycles. The zero-order valence-corrected chi connectivity index (χ0v) is 24.0. The van der Waals surface area contributed by atoms with E-state index in [9.17, 15) is 19.1 Å². The van der Waals surface area contributed by atoms with Crippen molar-refractivity contribution in [3.63, 3.8) is 0 Å². The molecule has 0 radical (unpaired) electrons. The summed E-state index contributed by atoms with van der Waals surface area (Å²) in [7, 11) is -4.55. The third-order valence-corrected chi connectivity index (χ3v) is 7.52. The molecule has 0 spiro atoms. The van der Waals surface area contributed by atoms with Crippen LogP contribution in [0.15, 0.2) is 46.6 Å². The second-order valence-corrected chi connectivity index (χ2v) is 11.7. The van der Waals surface area contributed by atoms with Gasteiger partial charge in [-0.15, -0.1) is 0 Å². The second kappa shape index (κ2) is 18.8. The molecular weight excluding hydrogens is 461 g/mol. The molecule has 0 aromatic heterocycles. The number of rotatable bonds is 18. The minimum atomic E-state index is -4.55. The molecule has 0 fully saturated rings. The molecule has 0 bridgehead atoms. The number of amides is 1. The summed E-state index contributed by atoms with van der Waals surface area (Å²) in [5.41, 5.74) is 6.20. The number of nitrogens with one attached hydrogen (secondary N) is 1. The van der Waals surface area contributed by atoms with Gasteiger partial charge in [-0.3, -0.25) is 14.2 Å². The van der Waals surface area contributed by atoms with Gasteiger partial charge >= 0.3 is 7.60 Å². The molecule has 0 aromatic carbocycles. The summed E-state index contributed by atoms with van der Waals surface area (Å²) in [4.78, 5) is 36.6. The van der Waals surface area contributed by atoms with Crippen molar-refractivity contribution in [3.05, 3.63) is 46.6 Å². The molecule has 6 nitrogen and oxygen atoms in total. The smallest absolute Gasteiger partial charge is 0.324 e. The number of carbonyl (C=O) groups is 1. The van der Waals surface area contributed by atoms with Gasteiger partial charge in [0, 0.05) is 0 Å². The van der Waals surface area contributed by atoms with Crippen molar-refractivity contribution in [2.75, 3.05) is 6.61 Å². The Morgan fingerprint density at radius 2 is 1.29 bits per heavy atom. The quantitative estimate of drug-likeness (QED) is 0.0764. The van der Waals surface area contributed by atoms with Gasteiger partial charge in [0.25, 0.3) is 5.91 Å². The average Bonchev–Trinajstić information content (AvgIpc) is 2.76. The molecule has 1 atom stereocenters. The van der Waals surface area contributed by atoms with E-state index in [2.05, 4.69) is 51.4 Å². The van der Waals surface area contributed by atoms with Crippen LogP contribution in [0.3, 0.4) is 0 Å². The first kappa shape index (κ1) is 33.5. The van der Waals surface area contributed by atoms with E-state index < -0.39 is 19.2 Å². The summed E-state index contributed by atoms with van der Waals surface area (Å²) < 4.78 is 11.8. The van der Waals surface area contributed by atoms with Crippen molar-refractivity contribution >= 4 is 13.5 Å². The van der Waals surface area contributed by atoms with Crippen molar-refractivity contribution in [3.8, 4) is 0 Å². The van der Waals surface area contributed by atoms with E-state index in [1.165, 1.54) is 16.7 Å². The van der Waals surface area contributed by atoms with E-state index in [4.69, 9.17) is 4.84 Å². The van der Waals surface area contributed by atoms with Crippen LogP contribution in [-0.2, 0) is 14.2 Å². The molecule has 1 unspecified atom stereocenters. The number of carbonyl (C=O) groups excluding carboxylic acids is 1. The Morgan fingerprint density at radius 1 is 0.829 bits per heavy atom. The van der Waals surface area contributed by atoms with Gasteiger partial charge in [-0.25, -0.2) is 5.48 Å². The lowest BCUT2D eigenvalue weighted by atomic mass is 9.97. The van der Waals surface area contributed by atoms with E-state index in [1.807, 2.05) is 26.8 Å². The minimum absolute atomic E-state index is 0.0876. The molecule has 7 heteroatoms. The van der Waals surface area contributed by atoms with Gasteiger partial charge in [-0.2, -0.15) is 0 Å². The van der Waals surface area contributed by atoms with Gasteiger partial charge in [-0.05, 0) is 85.5 Å². The first-order chi connectivity index (χ1) is 16.4. The predicted molar refractivity (Wildman–Crippen MR) is 147 cm³/mol. The molecule has 202 valence electrons. The van der Waals surface area contributed by atoms with Gasteiger partial charge < -0.3 is 9.79 Å². The van der Waals surface area contributed by atoms with Crippen LogP contribution in [0.4, 0.5) is 0 Å². The largest absolute Gasteiger partial charge is 0.338 e. The number of hydrogen-bond acceptors (Lipinski definition) is 3. The Labute approximate surface area is 214 Å². The lowest BCUT2D eigenvalue weighted by molar-refractivity contribution is -0.132. The normalized spacial score (nSPS) is 14.3. The Morgan fingerprint density at radius 3 is 1.71 bits per heavy atom. The highest BCUT2D eigenvalue weighted by molar-refractivity contribution is 7.53. The lowest BCUT2D eigenvalue weighted by Gasteiger charge is -2.21. The number of hydroxylamine groups is 1. The van der Waals surface area contributed by atoms with Crippen LogP contribution < -0.4 is 5.48 Å². The third kappa shape index (κ3) is 17.6. The van der Waals surface area contributed by atoms with E-state index in [0.29, 0.717) is 0 Å². The van der Waals surface area contributed by atoms with Crippen LogP contribution in [0.25, 0.3) is 0 Å². The first-order valence-corrected chi connectivity index (χ1v) is 14.7. The summed E-state index contributed by atoms with van der Waals surface area (Å²) >= 11 is 0. The van der Waals surface area contributed by atoms with Crippen molar-refractivity contribution in [1.29, 1.82) is 0 Å². The number of hydrogen-bond donors (Lipinski definition) is 3. The second-order valence-electron chi connectivity index (χ2n) is 9.85. The summed E-state index contributed by atoms with van der Waals surface area (Å²) in [6, 6.07) is 0. The topological polar surface area (TPSA) is 95.9 Å². The molecule has 1 amide bonds. The number of allylic oxidation sites excluding steroid dienone is 7. The maximum absolute atomic E-state index is 12.3. The average molecular weight is 512 g/mol. The third-order valence-electron chi connectivity index (χ3n) is 6.26. The van der Waals surface area contributed by atoms with Crippen molar-refractivity contribution in [2.45, 2.75) is 112 Å². The van der Waals surface area contributed by atoms with Crippen LogP contribution in [-0.4, -0.2) is 28.0 Å². The van der Waals surface area contributed by atoms with Crippen LogP contribution in [0.5, 0.6) is 0 Å². The molecule has 3 N–H and O–H groups in total. The molecule has 0 aliphatic carbocycles. The van der Waals surface area contributed by atoms with Crippen molar-refractivity contribution in [2.24, 2.45) is 5.92 Å². The maximum atomic E-state index is 12.3. The minimum Gasteiger partial charge on any atom is -0.324 e. The molecular formula is C28H50NO5P. The van der Waals surface area contributed by atoms with E-state index in [0.717, 1.165) is 56.9 Å². The fourth-order valence-corrected chi connectivity index (χ4v) is 4.62. The highest BCUT2D eigenvalue weighted by atomic mass is 31.2. The SMILES string of the molecule is CCC(CC)CC(C(=O)NOCC=C(C)CCC=C(C)CCC=C(C)CCC=C(C)C)P(=O)(O)O. The highest BCUT2D eigenvalue weighted by Gasteiger charge is 2.37. The van der Waals surface area contributed by atoms with Crippen LogP contribution >= 0.6 is 7.60 Å². The molecule has 35 heavy (non-hydrogen) atoms. The molecule has 0 aromatic rings. The molecule has 0 aliphatic rings. The van der Waals surface area contributed by atoms with Gasteiger partial charge in [0.15, 0.2) is 0 Å². The molecule has 0 saturated carbocycles. The van der Waals surface area contributed by atoms with Crippen molar-refractivity contribution < 1.29 is 24.0 Å². The summed E-state index contributed by atoms with van der Waals surface area (Å²) in [5, 5.41) is 0. The van der Waals surface area contributed by atoms with E-state index in [-0.39, 0.29) is 18.9 Å². The van der Waals surface area contributed by atoms with Gasteiger partial charge in [-0.1, -0.05) is 73.3 Å². The van der Waals surface area contributed by atoms with Gasteiger partial charge in [0.2, 0.25) is 0 Å². The van der Waals surface area contributed by atoms with Crippen LogP contribution in [0.2, 0.25) is 0 Å². The van der Waals surface area contributed by atoms with Gasteiger partial charge in [0.1, 0.15) is 5.66 Å². The zero-order chi connectivity index (χ0) is 26.9. The molecule has 0 heterocycles. The Kier molecular flexibility index (Phi) is 18.0. The summed E-state index contributed by atoms with van der Waals surface area (Å²) in [6.07, 6.45) is 16.7. The summed E-state index contributed by atoms with van der Waals surface area (Å²) in [6.45, 7) is 14.7. The Balaban J connectivity index is 4.38. The fraction of sp³-hybridized carbons (Fsp3) is 0.679. The zero-order valence-electron chi connectivity index (χ0n) is 23.1. The summed E-state index contributed by atoms with van der Waals surface area (Å²) in [5.74, 6) is -0.666. The lowest BCUT2D eigenvalue weighted by Crippen LogP contribution is -2.36. The molecule has 0 saturated heterocycles. The predicted octanol–water partition coefficient (Wildman–Crippen LogP) is 7.55. The van der Waals surface area contributed by atoms with Crippen molar-refractivity contribution in [1.82, 2.24) is 5.48 Å². The molecule has 0 rings (SSSR count). The van der Waals surface area contributed by atoms with Gasteiger partial charge in [0.05, 0.1) is 6.61 Å². The van der Waals surface area contributed by atoms with E-state index >= 15 is 0 Å². The Hall–Kier alpha value is -1.46. The van der Waals surface area contributed by atoms with E-state index in [1.54, 1.807) is 0 Å². The fourth-order valence-electron chi connectivity index (χ4n) is 3.69. The standard InChI is InChI=1S/C28H50NO5P/c1-8-26(9-2)21-27(35(31,32)33)28(30)29-34-20-19-25(7)18-12-17-24(6)16-11-15-23(5)14-10-13-22(3)4/h13,15,17,19,26-27H,8-12,14,16,18,20-21H2,1-7H3,(H,29,30)(H2,31,32,33). The Bertz CT molecular complexity index is 783. The highest BCUT2D eigenvalue weighted by Crippen LogP contribution is 2.45. The maximum Gasteiger partial charge on any atom is 0.338 e. The van der Waals surface area contributed by atoms with Crippen LogP contribution in [0, 0.1) is 5.92 Å².